The molecule has 64 heavy (non-hydrogen) atoms. The van der Waals surface area contributed by atoms with E-state index in [-0.39, 0.29) is 32.5 Å². The van der Waals surface area contributed by atoms with E-state index in [9.17, 15) is 9.59 Å². The molecule has 0 radical (unpaired) electrons. The van der Waals surface area contributed by atoms with Gasteiger partial charge in [-0.05, 0) is 23.1 Å². The van der Waals surface area contributed by atoms with Gasteiger partial charge in [-0.1, -0.05) is 91.0 Å². The second-order valence-corrected chi connectivity index (χ2v) is 13.8. The number of carboxylic acids is 1. The first-order chi connectivity index (χ1) is 31.6. The number of rotatable bonds is 44. The Kier molecular flexibility index (Phi) is 32.7. The van der Waals surface area contributed by atoms with Gasteiger partial charge in [0.05, 0.1) is 152 Å². The van der Waals surface area contributed by atoms with E-state index in [4.69, 9.17) is 66.7 Å². The standard InChI is InChI=1S/C48H70O16/c49-46(50)17-10-18-47(51)63-41-39-61-37-35-59-33-31-57-29-27-55-25-23-53-21-19-52-20-22-54-24-26-56-28-30-58-32-34-60-36-38-62-40-42-64-48(43-11-4-1-5-12-43,44-13-6-2-7-14-44)45-15-8-3-9-16-45/h1-9,11-16H,10,17-42H2,(H,49,50). The number of ether oxygens (including phenoxy) is 13. The second-order valence-electron chi connectivity index (χ2n) is 13.8. The van der Waals surface area contributed by atoms with Crippen LogP contribution in [0.1, 0.15) is 36.0 Å². The molecule has 0 saturated carbocycles. The average Bonchev–Trinajstić information content (AvgIpc) is 3.32. The molecular formula is C48H70O16. The van der Waals surface area contributed by atoms with Crippen LogP contribution in [-0.4, -0.2) is 176 Å². The lowest BCUT2D eigenvalue weighted by Gasteiger charge is -2.36. The lowest BCUT2D eigenvalue weighted by Crippen LogP contribution is -2.34. The fraction of sp³-hybridized carbons (Fsp3) is 0.583. The third kappa shape index (κ3) is 26.2. The van der Waals surface area contributed by atoms with Gasteiger partial charge in [-0.25, -0.2) is 0 Å². The summed E-state index contributed by atoms with van der Waals surface area (Å²) < 4.78 is 72.6. The second kappa shape index (κ2) is 38.4. The molecule has 3 aromatic rings. The van der Waals surface area contributed by atoms with Gasteiger partial charge < -0.3 is 66.7 Å². The molecule has 0 aliphatic rings. The monoisotopic (exact) mass is 902 g/mol. The molecule has 0 heterocycles. The summed E-state index contributed by atoms with van der Waals surface area (Å²) in [4.78, 5) is 21.8. The van der Waals surface area contributed by atoms with Gasteiger partial charge in [0.25, 0.3) is 0 Å². The topological polar surface area (TPSA) is 174 Å². The molecule has 3 aromatic carbocycles. The van der Waals surface area contributed by atoms with Crippen molar-refractivity contribution in [3.05, 3.63) is 108 Å². The summed E-state index contributed by atoms with van der Waals surface area (Å²) in [6.07, 6.45) is 0.294. The first-order valence-electron chi connectivity index (χ1n) is 22.2. The van der Waals surface area contributed by atoms with Crippen LogP contribution in [0.15, 0.2) is 91.0 Å². The first kappa shape index (κ1) is 54.5. The van der Waals surface area contributed by atoms with Gasteiger partial charge in [0.1, 0.15) is 12.2 Å². The summed E-state index contributed by atoms with van der Waals surface area (Å²) in [5.74, 6) is -1.36. The lowest BCUT2D eigenvalue weighted by atomic mass is 9.80. The van der Waals surface area contributed by atoms with Crippen LogP contribution in [0.4, 0.5) is 0 Å². The van der Waals surface area contributed by atoms with E-state index in [2.05, 4.69) is 36.4 Å². The molecule has 0 aliphatic heterocycles. The molecule has 0 saturated heterocycles. The fourth-order valence-electron chi connectivity index (χ4n) is 5.99. The zero-order valence-corrected chi connectivity index (χ0v) is 37.3. The van der Waals surface area contributed by atoms with Crippen LogP contribution in [0.25, 0.3) is 0 Å². The Morgan fingerprint density at radius 3 is 0.859 bits per heavy atom. The van der Waals surface area contributed by atoms with Crippen LogP contribution in [0, 0.1) is 0 Å². The molecule has 0 unspecified atom stereocenters. The maximum atomic E-state index is 11.4. The maximum absolute atomic E-state index is 11.4. The maximum Gasteiger partial charge on any atom is 0.305 e. The van der Waals surface area contributed by atoms with Gasteiger partial charge in [-0.3, -0.25) is 9.59 Å². The molecular weight excluding hydrogens is 833 g/mol. The Morgan fingerprint density at radius 1 is 0.344 bits per heavy atom. The SMILES string of the molecule is O=C(O)CCCC(=O)OCCOCCOCCOCCOCCOCCOCCOCCOCCOCCOCCOCCOC(c1ccccc1)(c1ccccc1)c1ccccc1. The minimum absolute atomic E-state index is 0.0522. The summed E-state index contributed by atoms with van der Waals surface area (Å²) in [6, 6.07) is 30.9. The Hall–Kier alpha value is -3.88. The summed E-state index contributed by atoms with van der Waals surface area (Å²) in [7, 11) is 0. The minimum atomic E-state index is -0.931. The number of aliphatic carboxylic acids is 1. The van der Waals surface area contributed by atoms with E-state index in [1.54, 1.807) is 0 Å². The number of carbonyl (C=O) groups excluding carboxylic acids is 1. The highest BCUT2D eigenvalue weighted by Crippen LogP contribution is 2.40. The van der Waals surface area contributed by atoms with E-state index >= 15 is 0 Å². The zero-order valence-electron chi connectivity index (χ0n) is 37.3. The Bertz CT molecular complexity index is 1420. The molecule has 0 spiro atoms. The van der Waals surface area contributed by atoms with Crippen molar-refractivity contribution in [3.8, 4) is 0 Å². The Morgan fingerprint density at radius 2 is 0.594 bits per heavy atom. The van der Waals surface area contributed by atoms with E-state index < -0.39 is 17.5 Å². The van der Waals surface area contributed by atoms with E-state index in [1.165, 1.54) is 0 Å². The average molecular weight is 903 g/mol. The Balaban J connectivity index is 0.992. The van der Waals surface area contributed by atoms with Crippen LogP contribution in [0.2, 0.25) is 0 Å². The highest BCUT2D eigenvalue weighted by Gasteiger charge is 2.37. The predicted octanol–water partition coefficient (Wildman–Crippen LogP) is 4.98. The van der Waals surface area contributed by atoms with Crippen LogP contribution in [0.5, 0.6) is 0 Å². The molecule has 0 aliphatic carbocycles. The van der Waals surface area contributed by atoms with Gasteiger partial charge in [-0.2, -0.15) is 0 Å². The molecule has 3 rings (SSSR count). The molecule has 0 aromatic heterocycles. The van der Waals surface area contributed by atoms with Crippen LogP contribution in [-0.2, 0) is 76.8 Å². The molecule has 0 fully saturated rings. The predicted molar refractivity (Wildman–Crippen MR) is 237 cm³/mol. The molecule has 358 valence electrons. The third-order valence-corrected chi connectivity index (χ3v) is 9.07. The summed E-state index contributed by atoms with van der Waals surface area (Å²) in [5.41, 5.74) is 2.41. The van der Waals surface area contributed by atoms with Gasteiger partial charge in [0.15, 0.2) is 0 Å². The zero-order chi connectivity index (χ0) is 45.3. The van der Waals surface area contributed by atoms with Crippen LogP contribution in [0.3, 0.4) is 0 Å². The summed E-state index contributed by atoms with van der Waals surface area (Å²) in [6.45, 7) is 10.4. The number of carboxylic acid groups (broad SMARTS) is 1. The third-order valence-electron chi connectivity index (χ3n) is 9.07. The summed E-state index contributed by atoms with van der Waals surface area (Å²) in [5, 5.41) is 8.55. The Labute approximate surface area is 378 Å². The van der Waals surface area contributed by atoms with Crippen molar-refractivity contribution in [2.75, 3.05) is 159 Å². The first-order valence-corrected chi connectivity index (χ1v) is 22.2. The van der Waals surface area contributed by atoms with Gasteiger partial charge in [0, 0.05) is 12.8 Å². The van der Waals surface area contributed by atoms with Crippen LogP contribution >= 0.6 is 0 Å². The van der Waals surface area contributed by atoms with Crippen molar-refractivity contribution < 1.29 is 76.3 Å². The smallest absolute Gasteiger partial charge is 0.305 e. The molecule has 0 amide bonds. The van der Waals surface area contributed by atoms with E-state index in [1.807, 2.05) is 54.6 Å². The van der Waals surface area contributed by atoms with Crippen LogP contribution < -0.4 is 0 Å². The van der Waals surface area contributed by atoms with E-state index in [0.717, 1.165) is 16.7 Å². The van der Waals surface area contributed by atoms with Crippen molar-refractivity contribution in [1.29, 1.82) is 0 Å². The highest BCUT2D eigenvalue weighted by atomic mass is 16.6. The number of hydrogen-bond donors (Lipinski definition) is 1. The normalized spacial score (nSPS) is 11.6. The molecule has 0 bridgehead atoms. The number of esters is 1. The largest absolute Gasteiger partial charge is 0.481 e. The molecule has 0 atom stereocenters. The number of hydrogen-bond acceptors (Lipinski definition) is 15. The molecule has 1 N–H and O–H groups in total. The van der Waals surface area contributed by atoms with Crippen molar-refractivity contribution in [2.24, 2.45) is 0 Å². The highest BCUT2D eigenvalue weighted by molar-refractivity contribution is 5.71. The van der Waals surface area contributed by atoms with Gasteiger partial charge >= 0.3 is 11.9 Å². The van der Waals surface area contributed by atoms with Crippen molar-refractivity contribution in [3.63, 3.8) is 0 Å². The van der Waals surface area contributed by atoms with Crippen molar-refractivity contribution in [2.45, 2.75) is 24.9 Å². The number of benzene rings is 3. The van der Waals surface area contributed by atoms with Gasteiger partial charge in [0.2, 0.25) is 0 Å². The quantitative estimate of drug-likeness (QED) is 0.0457. The fourth-order valence-corrected chi connectivity index (χ4v) is 5.99. The molecule has 16 heteroatoms. The number of carbonyl (C=O) groups is 2. The van der Waals surface area contributed by atoms with Gasteiger partial charge in [-0.15, -0.1) is 0 Å². The van der Waals surface area contributed by atoms with E-state index in [0.29, 0.717) is 145 Å². The summed E-state index contributed by atoms with van der Waals surface area (Å²) >= 11 is 0. The minimum Gasteiger partial charge on any atom is -0.481 e. The lowest BCUT2D eigenvalue weighted by molar-refractivity contribution is -0.145. The van der Waals surface area contributed by atoms with Crippen molar-refractivity contribution >= 4 is 11.9 Å². The van der Waals surface area contributed by atoms with Crippen molar-refractivity contribution in [1.82, 2.24) is 0 Å². The molecule has 16 nitrogen and oxygen atoms in total.